The molecule has 1 amide bonds. The number of amides is 1. The van der Waals surface area contributed by atoms with Crippen LogP contribution in [0, 0.1) is 11.6 Å². The van der Waals surface area contributed by atoms with E-state index in [1.54, 1.807) is 12.1 Å². The van der Waals surface area contributed by atoms with Gasteiger partial charge in [-0.15, -0.1) is 0 Å². The van der Waals surface area contributed by atoms with E-state index in [2.05, 4.69) is 9.97 Å². The van der Waals surface area contributed by atoms with Gasteiger partial charge < -0.3 is 15.0 Å². The minimum absolute atomic E-state index is 0.0996. The summed E-state index contributed by atoms with van der Waals surface area (Å²) in [5.74, 6) is -1.41. The predicted molar refractivity (Wildman–Crippen MR) is 86.9 cm³/mol. The lowest BCUT2D eigenvalue weighted by atomic mass is 10.0. The largest absolute Gasteiger partial charge is 0.391 e. The van der Waals surface area contributed by atoms with Crippen molar-refractivity contribution in [2.24, 2.45) is 0 Å². The molecule has 0 radical (unpaired) electrons. The number of likely N-dealkylation sites (tertiary alicyclic amines) is 1. The number of aliphatic hydroxyl groups is 1. The number of hydrogen-bond acceptors (Lipinski definition) is 3. The Kier molecular flexibility index (Phi) is 3.73. The third-order valence-electron chi connectivity index (χ3n) is 4.49. The minimum Gasteiger partial charge on any atom is -0.391 e. The van der Waals surface area contributed by atoms with Gasteiger partial charge in [0.15, 0.2) is 0 Å². The second kappa shape index (κ2) is 5.93. The molecule has 0 aliphatic carbocycles. The first kappa shape index (κ1) is 15.7. The number of benzene rings is 2. The lowest BCUT2D eigenvalue weighted by Crippen LogP contribution is -2.32. The van der Waals surface area contributed by atoms with E-state index in [0.29, 0.717) is 23.0 Å². The van der Waals surface area contributed by atoms with Crippen LogP contribution in [0.5, 0.6) is 0 Å². The van der Waals surface area contributed by atoms with Crippen molar-refractivity contribution >= 4 is 16.9 Å². The van der Waals surface area contributed by atoms with E-state index in [0.717, 1.165) is 6.07 Å². The Balaban J connectivity index is 1.76. The van der Waals surface area contributed by atoms with E-state index >= 15 is 0 Å². The molecule has 0 unspecified atom stereocenters. The number of rotatable bonds is 2. The molecule has 7 heteroatoms. The summed E-state index contributed by atoms with van der Waals surface area (Å²) in [5, 5.41) is 10.0. The van der Waals surface area contributed by atoms with Gasteiger partial charge in [-0.25, -0.2) is 13.8 Å². The number of imidazole rings is 1. The number of nitrogens with zero attached hydrogens (tertiary/aromatic N) is 2. The number of nitrogens with one attached hydrogen (secondary N) is 1. The average Bonchev–Trinajstić information content (AvgIpc) is 3.19. The Morgan fingerprint density at radius 2 is 2.08 bits per heavy atom. The quantitative estimate of drug-likeness (QED) is 0.752. The maximum absolute atomic E-state index is 13.9. The number of aromatic nitrogens is 2. The lowest BCUT2D eigenvalue weighted by molar-refractivity contribution is 0.0717. The zero-order valence-electron chi connectivity index (χ0n) is 13.1. The zero-order chi connectivity index (χ0) is 17.6. The van der Waals surface area contributed by atoms with Crippen LogP contribution in [-0.4, -0.2) is 38.5 Å². The number of hydrogen-bond donors (Lipinski definition) is 2. The van der Waals surface area contributed by atoms with Gasteiger partial charge in [-0.3, -0.25) is 4.79 Å². The highest BCUT2D eigenvalue weighted by Gasteiger charge is 2.36. The third kappa shape index (κ3) is 2.76. The van der Waals surface area contributed by atoms with E-state index < -0.39 is 29.7 Å². The van der Waals surface area contributed by atoms with Crippen LogP contribution in [0.1, 0.15) is 28.4 Å². The number of carbonyl (C=O) groups is 1. The number of carbonyl (C=O) groups excluding carboxylic acids is 1. The van der Waals surface area contributed by atoms with E-state index in [9.17, 15) is 18.7 Å². The van der Waals surface area contributed by atoms with Crippen molar-refractivity contribution in [3.05, 3.63) is 65.5 Å². The van der Waals surface area contributed by atoms with Crippen LogP contribution in [0.3, 0.4) is 0 Å². The Labute approximate surface area is 141 Å². The first-order valence-corrected chi connectivity index (χ1v) is 7.90. The molecule has 4 rings (SSSR count). The van der Waals surface area contributed by atoms with Crippen LogP contribution in [0.25, 0.3) is 11.0 Å². The molecule has 2 aromatic carbocycles. The third-order valence-corrected chi connectivity index (χ3v) is 4.49. The molecular weight excluding hydrogens is 328 g/mol. The Hall–Kier alpha value is -2.80. The number of aliphatic hydroxyl groups excluding tert-OH is 1. The molecule has 2 atom stereocenters. The molecule has 0 bridgehead atoms. The first-order chi connectivity index (χ1) is 12.0. The lowest BCUT2D eigenvalue weighted by Gasteiger charge is -2.25. The van der Waals surface area contributed by atoms with Gasteiger partial charge in [0.1, 0.15) is 17.2 Å². The van der Waals surface area contributed by atoms with Crippen molar-refractivity contribution in [1.82, 2.24) is 14.9 Å². The fourth-order valence-corrected chi connectivity index (χ4v) is 3.40. The Morgan fingerprint density at radius 3 is 2.88 bits per heavy atom. The van der Waals surface area contributed by atoms with Gasteiger partial charge >= 0.3 is 0 Å². The van der Waals surface area contributed by atoms with Gasteiger partial charge in [-0.1, -0.05) is 12.1 Å². The first-order valence-electron chi connectivity index (χ1n) is 7.90. The van der Waals surface area contributed by atoms with Gasteiger partial charge in [-0.2, -0.15) is 0 Å². The van der Waals surface area contributed by atoms with Crippen LogP contribution in [0.15, 0.2) is 42.7 Å². The van der Waals surface area contributed by atoms with Crippen molar-refractivity contribution < 1.29 is 18.7 Å². The summed E-state index contributed by atoms with van der Waals surface area (Å²) in [5.41, 5.74) is 1.50. The topological polar surface area (TPSA) is 69.2 Å². The highest BCUT2D eigenvalue weighted by Crippen LogP contribution is 2.34. The molecule has 2 heterocycles. The number of fused-ring (bicyclic) bond motifs is 1. The van der Waals surface area contributed by atoms with Crippen molar-refractivity contribution in [1.29, 1.82) is 0 Å². The summed E-state index contributed by atoms with van der Waals surface area (Å²) < 4.78 is 27.4. The number of β-amino-alcohol motifs (C(OH)–C–C–N with tert-alkyl or cyclic N) is 1. The van der Waals surface area contributed by atoms with E-state index in [1.165, 1.54) is 29.4 Å². The summed E-state index contributed by atoms with van der Waals surface area (Å²) in [7, 11) is 0. The summed E-state index contributed by atoms with van der Waals surface area (Å²) in [6, 6.07) is 7.87. The Bertz CT molecular complexity index is 956. The van der Waals surface area contributed by atoms with Crippen molar-refractivity contribution in [3.8, 4) is 0 Å². The fourth-order valence-electron chi connectivity index (χ4n) is 3.40. The summed E-state index contributed by atoms with van der Waals surface area (Å²) in [6.07, 6.45) is 0.971. The van der Waals surface area contributed by atoms with Crippen molar-refractivity contribution in [2.75, 3.05) is 6.54 Å². The van der Waals surface area contributed by atoms with Gasteiger partial charge in [0, 0.05) is 6.54 Å². The standard InChI is InChI=1S/C18H15F2N3O2/c19-11-3-1-2-10(4-11)16-7-13(24)8-23(16)18(25)14-5-12(20)6-15-17(14)22-9-21-15/h1-6,9,13,16,24H,7-8H2,(H,21,22)/t13-,16-/m1/s1. The van der Waals surface area contributed by atoms with Crippen LogP contribution in [0.2, 0.25) is 0 Å². The zero-order valence-corrected chi connectivity index (χ0v) is 13.1. The molecule has 0 spiro atoms. The molecule has 1 aliphatic rings. The average molecular weight is 343 g/mol. The molecule has 3 aromatic rings. The number of H-pyrrole nitrogens is 1. The molecule has 25 heavy (non-hydrogen) atoms. The molecule has 128 valence electrons. The molecule has 0 saturated carbocycles. The van der Waals surface area contributed by atoms with Crippen LogP contribution < -0.4 is 0 Å². The normalized spacial score (nSPS) is 20.4. The van der Waals surface area contributed by atoms with Gasteiger partial charge in [0.05, 0.1) is 29.6 Å². The highest BCUT2D eigenvalue weighted by molar-refractivity contribution is 6.05. The number of halogens is 2. The second-order valence-electron chi connectivity index (χ2n) is 6.17. The predicted octanol–water partition coefficient (Wildman–Crippen LogP) is 2.79. The van der Waals surface area contributed by atoms with E-state index in [-0.39, 0.29) is 12.1 Å². The van der Waals surface area contributed by atoms with Crippen molar-refractivity contribution in [3.63, 3.8) is 0 Å². The molecule has 5 nitrogen and oxygen atoms in total. The van der Waals surface area contributed by atoms with Crippen LogP contribution in [0.4, 0.5) is 8.78 Å². The molecular formula is C18H15F2N3O2. The SMILES string of the molecule is O=C(c1cc(F)cc2[nH]cnc12)N1C[C@H](O)C[C@@H]1c1cccc(F)c1. The smallest absolute Gasteiger partial charge is 0.256 e. The van der Waals surface area contributed by atoms with Gasteiger partial charge in [0.25, 0.3) is 5.91 Å². The number of aromatic amines is 1. The van der Waals surface area contributed by atoms with E-state index in [1.807, 2.05) is 0 Å². The monoisotopic (exact) mass is 343 g/mol. The summed E-state index contributed by atoms with van der Waals surface area (Å²) in [4.78, 5) is 21.3. The summed E-state index contributed by atoms with van der Waals surface area (Å²) in [6.45, 7) is 0.0996. The van der Waals surface area contributed by atoms with Crippen LogP contribution in [-0.2, 0) is 0 Å². The summed E-state index contributed by atoms with van der Waals surface area (Å²) >= 11 is 0. The van der Waals surface area contributed by atoms with Crippen LogP contribution >= 0.6 is 0 Å². The molecule has 1 fully saturated rings. The Morgan fingerprint density at radius 1 is 1.24 bits per heavy atom. The molecule has 1 aromatic heterocycles. The maximum Gasteiger partial charge on any atom is 0.256 e. The van der Waals surface area contributed by atoms with Gasteiger partial charge in [-0.05, 0) is 36.2 Å². The maximum atomic E-state index is 13.9. The molecule has 1 saturated heterocycles. The molecule has 1 aliphatic heterocycles. The van der Waals surface area contributed by atoms with E-state index in [4.69, 9.17) is 0 Å². The highest BCUT2D eigenvalue weighted by atomic mass is 19.1. The minimum atomic E-state index is -0.722. The van der Waals surface area contributed by atoms with Crippen molar-refractivity contribution in [2.45, 2.75) is 18.6 Å². The molecule has 2 N–H and O–H groups in total. The second-order valence-corrected chi connectivity index (χ2v) is 6.17. The van der Waals surface area contributed by atoms with Gasteiger partial charge in [0.2, 0.25) is 0 Å². The fraction of sp³-hybridized carbons (Fsp3) is 0.222.